The number of imidazole rings is 1. The number of aromatic nitrogens is 2. The molecule has 0 fully saturated rings. The Labute approximate surface area is 104 Å². The van der Waals surface area contributed by atoms with Crippen molar-refractivity contribution in [2.24, 2.45) is 0 Å². The van der Waals surface area contributed by atoms with E-state index in [2.05, 4.69) is 4.98 Å². The quantitative estimate of drug-likeness (QED) is 0.749. The lowest BCUT2D eigenvalue weighted by Gasteiger charge is -1.97. The molecule has 0 saturated heterocycles. The molecule has 2 N–H and O–H groups in total. The number of hydrogen-bond donors (Lipinski definition) is 1. The molecule has 0 aliphatic rings. The molecule has 4 heteroatoms. The van der Waals surface area contributed by atoms with Crippen LogP contribution in [0.15, 0.2) is 48.8 Å². The van der Waals surface area contributed by atoms with Gasteiger partial charge in [-0.3, -0.25) is 0 Å². The molecule has 0 saturated carbocycles. The highest BCUT2D eigenvalue weighted by Gasteiger charge is 2.03. The zero-order chi connectivity index (χ0) is 12.5. The fraction of sp³-hybridized carbons (Fsp3) is 0.0714. The lowest BCUT2D eigenvalue weighted by atomic mass is 10.1. The van der Waals surface area contributed by atoms with Crippen LogP contribution in [-0.4, -0.2) is 9.38 Å². The molecule has 3 rings (SSSR count). The van der Waals surface area contributed by atoms with Gasteiger partial charge in [0.25, 0.3) is 0 Å². The first-order valence-electron chi connectivity index (χ1n) is 5.68. The molecular formula is C14H12FN3. The SMILES string of the molecule is Nc1ccc2nc(Cc3cccc(F)c3)cn2c1. The van der Waals surface area contributed by atoms with Gasteiger partial charge in [-0.2, -0.15) is 0 Å². The number of rotatable bonds is 2. The van der Waals surface area contributed by atoms with Crippen molar-refractivity contribution in [2.75, 3.05) is 5.73 Å². The van der Waals surface area contributed by atoms with Crippen molar-refractivity contribution in [3.8, 4) is 0 Å². The number of pyridine rings is 1. The van der Waals surface area contributed by atoms with Crippen LogP contribution in [0.3, 0.4) is 0 Å². The highest BCUT2D eigenvalue weighted by atomic mass is 19.1. The summed E-state index contributed by atoms with van der Waals surface area (Å²) in [5.41, 5.74) is 9.05. The van der Waals surface area contributed by atoms with Crippen LogP contribution in [0.5, 0.6) is 0 Å². The molecule has 0 unspecified atom stereocenters. The predicted molar refractivity (Wildman–Crippen MR) is 68.8 cm³/mol. The lowest BCUT2D eigenvalue weighted by molar-refractivity contribution is 0.626. The summed E-state index contributed by atoms with van der Waals surface area (Å²) in [4.78, 5) is 4.46. The molecule has 3 aromatic rings. The van der Waals surface area contributed by atoms with Gasteiger partial charge in [-0.15, -0.1) is 0 Å². The fourth-order valence-corrected chi connectivity index (χ4v) is 2.00. The van der Waals surface area contributed by atoms with Crippen LogP contribution in [0.25, 0.3) is 5.65 Å². The molecular weight excluding hydrogens is 229 g/mol. The van der Waals surface area contributed by atoms with E-state index >= 15 is 0 Å². The molecule has 0 radical (unpaired) electrons. The summed E-state index contributed by atoms with van der Waals surface area (Å²) in [5, 5.41) is 0. The second kappa shape index (κ2) is 4.14. The van der Waals surface area contributed by atoms with Crippen LogP contribution < -0.4 is 5.73 Å². The van der Waals surface area contributed by atoms with Crippen LogP contribution in [0.4, 0.5) is 10.1 Å². The van der Waals surface area contributed by atoms with Crippen LogP contribution in [0.2, 0.25) is 0 Å². The van der Waals surface area contributed by atoms with Crippen LogP contribution in [0.1, 0.15) is 11.3 Å². The van der Waals surface area contributed by atoms with Gasteiger partial charge in [-0.1, -0.05) is 12.1 Å². The average molecular weight is 241 g/mol. The van der Waals surface area contributed by atoms with Gasteiger partial charge in [0.05, 0.1) is 5.69 Å². The van der Waals surface area contributed by atoms with Crippen molar-refractivity contribution in [3.63, 3.8) is 0 Å². The Morgan fingerprint density at radius 3 is 2.89 bits per heavy atom. The smallest absolute Gasteiger partial charge is 0.137 e. The molecule has 3 nitrogen and oxygen atoms in total. The van der Waals surface area contributed by atoms with Crippen LogP contribution in [0, 0.1) is 5.82 Å². The molecule has 0 aliphatic heterocycles. The summed E-state index contributed by atoms with van der Waals surface area (Å²) in [6, 6.07) is 10.2. The zero-order valence-corrected chi connectivity index (χ0v) is 9.68. The van der Waals surface area contributed by atoms with Crippen molar-refractivity contribution >= 4 is 11.3 Å². The Balaban J connectivity index is 1.95. The first-order chi connectivity index (χ1) is 8.70. The van der Waals surface area contributed by atoms with E-state index < -0.39 is 0 Å². The van der Waals surface area contributed by atoms with E-state index in [1.807, 2.05) is 35.0 Å². The second-order valence-electron chi connectivity index (χ2n) is 4.27. The average Bonchev–Trinajstić information content (AvgIpc) is 2.70. The summed E-state index contributed by atoms with van der Waals surface area (Å²) in [7, 11) is 0. The van der Waals surface area contributed by atoms with E-state index in [1.165, 1.54) is 12.1 Å². The van der Waals surface area contributed by atoms with E-state index in [1.54, 1.807) is 6.07 Å². The van der Waals surface area contributed by atoms with Gasteiger partial charge in [-0.05, 0) is 29.8 Å². The fourth-order valence-electron chi connectivity index (χ4n) is 2.00. The summed E-state index contributed by atoms with van der Waals surface area (Å²) >= 11 is 0. The predicted octanol–water partition coefficient (Wildman–Crippen LogP) is 2.65. The Hall–Kier alpha value is -2.36. The molecule has 2 heterocycles. The zero-order valence-electron chi connectivity index (χ0n) is 9.68. The summed E-state index contributed by atoms with van der Waals surface area (Å²) in [6.45, 7) is 0. The van der Waals surface area contributed by atoms with Crippen molar-refractivity contribution < 1.29 is 4.39 Å². The number of nitrogens with zero attached hydrogens (tertiary/aromatic N) is 2. The molecule has 0 amide bonds. The van der Waals surface area contributed by atoms with Crippen molar-refractivity contribution in [2.45, 2.75) is 6.42 Å². The number of nitrogens with two attached hydrogens (primary N) is 1. The molecule has 0 spiro atoms. The first kappa shape index (κ1) is 10.8. The van der Waals surface area contributed by atoms with Gasteiger partial charge < -0.3 is 10.1 Å². The minimum absolute atomic E-state index is 0.222. The number of anilines is 1. The Kier molecular flexibility index (Phi) is 2.48. The van der Waals surface area contributed by atoms with Crippen molar-refractivity contribution in [3.05, 3.63) is 65.9 Å². The second-order valence-corrected chi connectivity index (χ2v) is 4.27. The third-order valence-corrected chi connectivity index (χ3v) is 2.80. The maximum atomic E-state index is 13.1. The Bertz CT molecular complexity index is 703. The molecule has 1 aromatic carbocycles. The molecule has 90 valence electrons. The summed E-state index contributed by atoms with van der Waals surface area (Å²) < 4.78 is 15.0. The maximum absolute atomic E-state index is 13.1. The minimum Gasteiger partial charge on any atom is -0.398 e. The van der Waals surface area contributed by atoms with E-state index in [-0.39, 0.29) is 5.82 Å². The summed E-state index contributed by atoms with van der Waals surface area (Å²) in [6.07, 6.45) is 4.34. The first-order valence-corrected chi connectivity index (χ1v) is 5.68. The third-order valence-electron chi connectivity index (χ3n) is 2.80. The largest absolute Gasteiger partial charge is 0.398 e. The van der Waals surface area contributed by atoms with Gasteiger partial charge in [0.1, 0.15) is 11.5 Å². The molecule has 0 atom stereocenters. The van der Waals surface area contributed by atoms with E-state index in [4.69, 9.17) is 5.73 Å². The number of halogens is 1. The van der Waals surface area contributed by atoms with E-state index in [9.17, 15) is 4.39 Å². The van der Waals surface area contributed by atoms with Crippen LogP contribution in [-0.2, 0) is 6.42 Å². The highest BCUT2D eigenvalue weighted by molar-refractivity contribution is 5.48. The monoisotopic (exact) mass is 241 g/mol. The normalized spacial score (nSPS) is 10.9. The van der Waals surface area contributed by atoms with E-state index in [0.29, 0.717) is 12.1 Å². The Morgan fingerprint density at radius 1 is 1.17 bits per heavy atom. The van der Waals surface area contributed by atoms with Gasteiger partial charge in [0.2, 0.25) is 0 Å². The molecule has 18 heavy (non-hydrogen) atoms. The van der Waals surface area contributed by atoms with Gasteiger partial charge in [0.15, 0.2) is 0 Å². The van der Waals surface area contributed by atoms with Gasteiger partial charge in [0, 0.05) is 24.5 Å². The maximum Gasteiger partial charge on any atom is 0.137 e. The van der Waals surface area contributed by atoms with E-state index in [0.717, 1.165) is 16.9 Å². The lowest BCUT2D eigenvalue weighted by Crippen LogP contribution is -1.88. The number of hydrogen-bond acceptors (Lipinski definition) is 2. The summed E-state index contributed by atoms with van der Waals surface area (Å²) in [5.74, 6) is -0.222. The van der Waals surface area contributed by atoms with Crippen molar-refractivity contribution in [1.29, 1.82) is 0 Å². The molecule has 0 bridgehead atoms. The number of fused-ring (bicyclic) bond motifs is 1. The number of nitrogen functional groups attached to an aromatic ring is 1. The third kappa shape index (κ3) is 2.05. The van der Waals surface area contributed by atoms with Gasteiger partial charge in [-0.25, -0.2) is 9.37 Å². The van der Waals surface area contributed by atoms with Gasteiger partial charge >= 0.3 is 0 Å². The Morgan fingerprint density at radius 2 is 2.06 bits per heavy atom. The van der Waals surface area contributed by atoms with Crippen molar-refractivity contribution in [1.82, 2.24) is 9.38 Å². The highest BCUT2D eigenvalue weighted by Crippen LogP contribution is 2.13. The molecule has 0 aliphatic carbocycles. The van der Waals surface area contributed by atoms with Crippen LogP contribution >= 0.6 is 0 Å². The minimum atomic E-state index is -0.222. The standard InChI is InChI=1S/C14H12FN3/c15-11-3-1-2-10(6-11)7-13-9-18-8-12(16)4-5-14(18)17-13/h1-6,8-9H,7,16H2. The number of benzene rings is 1. The molecule has 2 aromatic heterocycles. The topological polar surface area (TPSA) is 43.3 Å².